The van der Waals surface area contributed by atoms with Gasteiger partial charge in [0.2, 0.25) is 5.91 Å². The SMILES string of the molecule is CCCN(CC1CCCNC1)C(=O)CCC(F)(F)F. The number of amides is 1. The Labute approximate surface area is 112 Å². The van der Waals surface area contributed by atoms with Crippen LogP contribution >= 0.6 is 0 Å². The molecular weight excluding hydrogens is 257 g/mol. The summed E-state index contributed by atoms with van der Waals surface area (Å²) in [4.78, 5) is 13.5. The van der Waals surface area contributed by atoms with Crippen LogP contribution in [0.4, 0.5) is 13.2 Å². The smallest absolute Gasteiger partial charge is 0.342 e. The van der Waals surface area contributed by atoms with E-state index in [0.717, 1.165) is 32.4 Å². The molecule has 0 aromatic carbocycles. The lowest BCUT2D eigenvalue weighted by Gasteiger charge is -2.30. The number of hydrogen-bond acceptors (Lipinski definition) is 2. The second-order valence-corrected chi connectivity index (χ2v) is 5.17. The van der Waals surface area contributed by atoms with E-state index in [4.69, 9.17) is 0 Å². The van der Waals surface area contributed by atoms with Crippen LogP contribution in [-0.2, 0) is 4.79 Å². The fourth-order valence-corrected chi connectivity index (χ4v) is 2.39. The van der Waals surface area contributed by atoms with Crippen molar-refractivity contribution in [1.29, 1.82) is 0 Å². The van der Waals surface area contributed by atoms with Crippen molar-refractivity contribution in [2.45, 2.75) is 45.2 Å². The van der Waals surface area contributed by atoms with Crippen LogP contribution in [0.15, 0.2) is 0 Å². The van der Waals surface area contributed by atoms with Crippen molar-refractivity contribution in [2.75, 3.05) is 26.2 Å². The molecule has 1 atom stereocenters. The molecule has 1 unspecified atom stereocenters. The number of halogens is 3. The van der Waals surface area contributed by atoms with Crippen molar-refractivity contribution >= 4 is 5.91 Å². The van der Waals surface area contributed by atoms with Crippen LogP contribution < -0.4 is 5.32 Å². The molecule has 1 heterocycles. The number of nitrogens with zero attached hydrogens (tertiary/aromatic N) is 1. The Balaban J connectivity index is 2.43. The zero-order valence-corrected chi connectivity index (χ0v) is 11.4. The first-order chi connectivity index (χ1) is 8.92. The zero-order valence-electron chi connectivity index (χ0n) is 11.4. The quantitative estimate of drug-likeness (QED) is 0.811. The van der Waals surface area contributed by atoms with Crippen molar-refractivity contribution in [1.82, 2.24) is 10.2 Å². The predicted octanol–water partition coefficient (Wildman–Crippen LogP) is 2.57. The van der Waals surface area contributed by atoms with E-state index in [1.807, 2.05) is 6.92 Å². The number of rotatable bonds is 6. The average Bonchev–Trinajstić information content (AvgIpc) is 2.36. The number of nitrogens with one attached hydrogen (secondary N) is 1. The van der Waals surface area contributed by atoms with E-state index in [2.05, 4.69) is 5.32 Å². The Morgan fingerprint density at radius 1 is 1.42 bits per heavy atom. The summed E-state index contributed by atoms with van der Waals surface area (Å²) in [6, 6.07) is 0. The largest absolute Gasteiger partial charge is 0.389 e. The minimum atomic E-state index is -4.25. The Morgan fingerprint density at radius 2 is 2.16 bits per heavy atom. The molecule has 1 N–H and O–H groups in total. The van der Waals surface area contributed by atoms with E-state index in [-0.39, 0.29) is 5.91 Å². The summed E-state index contributed by atoms with van der Waals surface area (Å²) in [5, 5.41) is 3.26. The van der Waals surface area contributed by atoms with Crippen molar-refractivity contribution < 1.29 is 18.0 Å². The molecule has 1 rings (SSSR count). The third-order valence-electron chi connectivity index (χ3n) is 3.35. The van der Waals surface area contributed by atoms with Crippen molar-refractivity contribution in [3.05, 3.63) is 0 Å². The fraction of sp³-hybridized carbons (Fsp3) is 0.923. The van der Waals surface area contributed by atoms with Gasteiger partial charge in [-0.1, -0.05) is 6.92 Å². The maximum atomic E-state index is 12.1. The molecule has 0 aromatic rings. The molecule has 112 valence electrons. The van der Waals surface area contributed by atoms with Gasteiger partial charge in [-0.05, 0) is 38.3 Å². The molecule has 1 aliphatic rings. The van der Waals surface area contributed by atoms with Gasteiger partial charge in [0.25, 0.3) is 0 Å². The van der Waals surface area contributed by atoms with E-state index in [0.29, 0.717) is 19.0 Å². The molecular formula is C13H23F3N2O. The van der Waals surface area contributed by atoms with Crippen LogP contribution in [0, 0.1) is 5.92 Å². The number of piperidine rings is 1. The van der Waals surface area contributed by atoms with Gasteiger partial charge in [-0.15, -0.1) is 0 Å². The van der Waals surface area contributed by atoms with Crippen LogP contribution in [0.3, 0.4) is 0 Å². The summed E-state index contributed by atoms with van der Waals surface area (Å²) in [7, 11) is 0. The van der Waals surface area contributed by atoms with Crippen molar-refractivity contribution in [3.8, 4) is 0 Å². The monoisotopic (exact) mass is 280 g/mol. The molecule has 0 bridgehead atoms. The Morgan fingerprint density at radius 3 is 2.68 bits per heavy atom. The van der Waals surface area contributed by atoms with Gasteiger partial charge < -0.3 is 10.2 Å². The second-order valence-electron chi connectivity index (χ2n) is 5.17. The van der Waals surface area contributed by atoms with Crippen molar-refractivity contribution in [2.24, 2.45) is 5.92 Å². The first-order valence-corrected chi connectivity index (χ1v) is 6.97. The molecule has 0 saturated carbocycles. The summed E-state index contributed by atoms with van der Waals surface area (Å²) in [6.07, 6.45) is -2.81. The second kappa shape index (κ2) is 7.72. The summed E-state index contributed by atoms with van der Waals surface area (Å²) in [5.41, 5.74) is 0. The summed E-state index contributed by atoms with van der Waals surface area (Å²) >= 11 is 0. The van der Waals surface area contributed by atoms with E-state index in [1.165, 1.54) is 0 Å². The first-order valence-electron chi connectivity index (χ1n) is 6.97. The summed E-state index contributed by atoms with van der Waals surface area (Å²) in [6.45, 7) is 4.91. The lowest BCUT2D eigenvalue weighted by Crippen LogP contribution is -2.41. The fourth-order valence-electron chi connectivity index (χ4n) is 2.39. The van der Waals surface area contributed by atoms with E-state index in [1.54, 1.807) is 4.90 Å². The minimum Gasteiger partial charge on any atom is -0.342 e. The minimum absolute atomic E-state index is 0.370. The van der Waals surface area contributed by atoms with Crippen LogP contribution in [0.5, 0.6) is 0 Å². The molecule has 0 aliphatic carbocycles. The van der Waals surface area contributed by atoms with Gasteiger partial charge in [0.1, 0.15) is 0 Å². The van der Waals surface area contributed by atoms with Gasteiger partial charge >= 0.3 is 6.18 Å². The topological polar surface area (TPSA) is 32.3 Å². The maximum Gasteiger partial charge on any atom is 0.389 e. The third kappa shape index (κ3) is 6.80. The number of hydrogen-bond donors (Lipinski definition) is 1. The lowest BCUT2D eigenvalue weighted by atomic mass is 9.99. The zero-order chi connectivity index (χ0) is 14.3. The first kappa shape index (κ1) is 16.3. The molecule has 1 fully saturated rings. The van der Waals surface area contributed by atoms with Crippen LogP contribution in [-0.4, -0.2) is 43.2 Å². The van der Waals surface area contributed by atoms with Gasteiger partial charge in [0.05, 0.1) is 6.42 Å². The van der Waals surface area contributed by atoms with E-state index >= 15 is 0 Å². The standard InChI is InChI=1S/C13H23F3N2O/c1-2-8-18(10-11-4-3-7-17-9-11)12(19)5-6-13(14,15)16/h11,17H,2-10H2,1H3. The van der Waals surface area contributed by atoms with E-state index < -0.39 is 19.0 Å². The highest BCUT2D eigenvalue weighted by atomic mass is 19.4. The average molecular weight is 280 g/mol. The highest BCUT2D eigenvalue weighted by Crippen LogP contribution is 2.22. The van der Waals surface area contributed by atoms with E-state index in [9.17, 15) is 18.0 Å². The molecule has 1 amide bonds. The molecule has 0 spiro atoms. The third-order valence-corrected chi connectivity index (χ3v) is 3.35. The molecule has 1 saturated heterocycles. The highest BCUT2D eigenvalue weighted by Gasteiger charge is 2.29. The van der Waals surface area contributed by atoms with Crippen molar-refractivity contribution in [3.63, 3.8) is 0 Å². The summed E-state index contributed by atoms with van der Waals surface area (Å²) < 4.78 is 36.4. The van der Waals surface area contributed by atoms with Gasteiger partial charge in [-0.3, -0.25) is 4.79 Å². The van der Waals surface area contributed by atoms with Crippen LogP contribution in [0.1, 0.15) is 39.0 Å². The molecule has 0 aromatic heterocycles. The molecule has 1 aliphatic heterocycles. The van der Waals surface area contributed by atoms with Gasteiger partial charge in [-0.25, -0.2) is 0 Å². The van der Waals surface area contributed by atoms with Gasteiger partial charge in [0, 0.05) is 19.5 Å². The molecule has 3 nitrogen and oxygen atoms in total. The van der Waals surface area contributed by atoms with Crippen LogP contribution in [0.25, 0.3) is 0 Å². The van der Waals surface area contributed by atoms with Crippen LogP contribution in [0.2, 0.25) is 0 Å². The Kier molecular flexibility index (Phi) is 6.62. The Bertz CT molecular complexity index is 276. The number of carbonyl (C=O) groups excluding carboxylic acids is 1. The number of carbonyl (C=O) groups is 1. The Hall–Kier alpha value is -0.780. The normalized spacial score (nSPS) is 20.3. The summed E-state index contributed by atoms with van der Waals surface area (Å²) in [5.74, 6) is -0.000106. The maximum absolute atomic E-state index is 12.1. The van der Waals surface area contributed by atoms with Gasteiger partial charge in [-0.2, -0.15) is 13.2 Å². The number of alkyl halides is 3. The molecule has 19 heavy (non-hydrogen) atoms. The lowest BCUT2D eigenvalue weighted by molar-refractivity contribution is -0.149. The highest BCUT2D eigenvalue weighted by molar-refractivity contribution is 5.76. The predicted molar refractivity (Wildman–Crippen MR) is 67.8 cm³/mol. The van der Waals surface area contributed by atoms with Gasteiger partial charge in [0.15, 0.2) is 0 Å². The molecule has 6 heteroatoms. The molecule has 0 radical (unpaired) electrons.